The number of halogens is 3. The number of hydrogen-bond acceptors (Lipinski definition) is 7. The quantitative estimate of drug-likeness (QED) is 0.151. The summed E-state index contributed by atoms with van der Waals surface area (Å²) in [7, 11) is 1.57. The number of anilines is 1. The molecule has 1 heterocycles. The van der Waals surface area contributed by atoms with E-state index in [1.165, 1.54) is 23.9 Å². The van der Waals surface area contributed by atoms with Crippen LogP contribution in [0, 0.1) is 10.1 Å². The highest BCUT2D eigenvalue weighted by Gasteiger charge is 2.30. The van der Waals surface area contributed by atoms with Crippen LogP contribution < -0.4 is 15.4 Å². The summed E-state index contributed by atoms with van der Waals surface area (Å²) >= 11 is 1.37. The third-order valence-electron chi connectivity index (χ3n) is 5.40. The molecule has 2 N–H and O–H groups in total. The number of urea groups is 1. The van der Waals surface area contributed by atoms with Gasteiger partial charge >= 0.3 is 12.2 Å². The van der Waals surface area contributed by atoms with Gasteiger partial charge in [-0.1, -0.05) is 23.9 Å². The van der Waals surface area contributed by atoms with Gasteiger partial charge in [0.05, 0.1) is 24.1 Å². The third kappa shape index (κ3) is 7.04. The van der Waals surface area contributed by atoms with Crippen molar-refractivity contribution in [2.24, 2.45) is 0 Å². The Hall–Kier alpha value is -4.59. The second-order valence-corrected chi connectivity index (χ2v) is 8.97. The molecule has 0 aliphatic heterocycles. The van der Waals surface area contributed by atoms with Crippen molar-refractivity contribution in [1.29, 1.82) is 0 Å². The Morgan fingerprint density at radius 3 is 2.44 bits per heavy atom. The van der Waals surface area contributed by atoms with Crippen LogP contribution in [0.25, 0.3) is 5.69 Å². The molecule has 202 valence electrons. The van der Waals surface area contributed by atoms with E-state index in [9.17, 15) is 28.1 Å². The molecule has 39 heavy (non-hydrogen) atoms. The highest BCUT2D eigenvalue weighted by molar-refractivity contribution is 7.98. The van der Waals surface area contributed by atoms with Gasteiger partial charge in [-0.05, 0) is 54.1 Å². The molecule has 0 unspecified atom stereocenters. The minimum absolute atomic E-state index is 0.0871. The molecule has 0 atom stereocenters. The number of ether oxygens (including phenoxy) is 1. The number of rotatable bonds is 9. The molecular weight excluding hydrogens is 537 g/mol. The van der Waals surface area contributed by atoms with E-state index in [1.54, 1.807) is 23.8 Å². The Labute approximate surface area is 224 Å². The second-order valence-electron chi connectivity index (χ2n) is 8.03. The number of carbonyl (C=O) groups is 1. The molecule has 0 aliphatic rings. The topological polar surface area (TPSA) is 124 Å². The lowest BCUT2D eigenvalue weighted by Crippen LogP contribution is -2.29. The lowest BCUT2D eigenvalue weighted by atomic mass is 10.2. The lowest BCUT2D eigenvalue weighted by molar-refractivity contribution is -0.384. The Morgan fingerprint density at radius 2 is 1.79 bits per heavy atom. The van der Waals surface area contributed by atoms with Crippen molar-refractivity contribution in [3.63, 3.8) is 0 Å². The fourth-order valence-electron chi connectivity index (χ4n) is 3.48. The molecule has 0 aliphatic carbocycles. The van der Waals surface area contributed by atoms with Gasteiger partial charge in [0.2, 0.25) is 0 Å². The fourth-order valence-corrected chi connectivity index (χ4v) is 4.39. The van der Waals surface area contributed by atoms with Crippen molar-refractivity contribution in [2.75, 3.05) is 12.4 Å². The molecule has 4 rings (SSSR count). The standard InChI is InChI=1S/C25H21F3N6O4S/c1-38-21-4-2-3-16(13-21)15-39-24-32-31-22(33(24)19-9-11-20(12-10-19)34(36)37)14-29-23(35)30-18-7-5-17(6-8-18)25(26,27)28/h2-13H,14-15H2,1H3,(H2,29,30,35). The zero-order valence-corrected chi connectivity index (χ0v) is 21.1. The predicted octanol–water partition coefficient (Wildman–Crippen LogP) is 5.82. The van der Waals surface area contributed by atoms with E-state index in [0.717, 1.165) is 29.8 Å². The molecule has 0 radical (unpaired) electrons. The van der Waals surface area contributed by atoms with Crippen LogP contribution in [0.5, 0.6) is 5.75 Å². The van der Waals surface area contributed by atoms with Gasteiger partial charge in [-0.25, -0.2) is 4.79 Å². The van der Waals surface area contributed by atoms with E-state index in [4.69, 9.17) is 4.74 Å². The van der Waals surface area contributed by atoms with E-state index >= 15 is 0 Å². The molecule has 0 fully saturated rings. The number of benzene rings is 3. The van der Waals surface area contributed by atoms with Crippen LogP contribution in [0.2, 0.25) is 0 Å². The number of thioether (sulfide) groups is 1. The van der Waals surface area contributed by atoms with Crippen LogP contribution in [0.15, 0.2) is 78.0 Å². The number of methoxy groups -OCH3 is 1. The first kappa shape index (κ1) is 27.4. The average Bonchev–Trinajstić information content (AvgIpc) is 3.33. The van der Waals surface area contributed by atoms with Gasteiger partial charge in [-0.2, -0.15) is 13.2 Å². The summed E-state index contributed by atoms with van der Waals surface area (Å²) in [5.74, 6) is 1.55. The minimum Gasteiger partial charge on any atom is -0.497 e. The van der Waals surface area contributed by atoms with Gasteiger partial charge in [0.15, 0.2) is 11.0 Å². The Bertz CT molecular complexity index is 1460. The van der Waals surface area contributed by atoms with E-state index in [-0.39, 0.29) is 17.9 Å². The normalized spacial score (nSPS) is 11.2. The van der Waals surface area contributed by atoms with Crippen molar-refractivity contribution in [1.82, 2.24) is 20.1 Å². The molecule has 1 aromatic heterocycles. The van der Waals surface area contributed by atoms with Gasteiger partial charge in [-0.15, -0.1) is 10.2 Å². The maximum Gasteiger partial charge on any atom is 0.416 e. The average molecular weight is 559 g/mol. The Kier molecular flexibility index (Phi) is 8.34. The van der Waals surface area contributed by atoms with Gasteiger partial charge in [0, 0.05) is 29.3 Å². The predicted molar refractivity (Wildman–Crippen MR) is 138 cm³/mol. The molecule has 0 spiro atoms. The van der Waals surface area contributed by atoms with Crippen molar-refractivity contribution >= 4 is 29.2 Å². The van der Waals surface area contributed by atoms with E-state index in [1.807, 2.05) is 24.3 Å². The summed E-state index contributed by atoms with van der Waals surface area (Å²) in [4.78, 5) is 23.0. The van der Waals surface area contributed by atoms with Crippen LogP contribution in [-0.2, 0) is 18.5 Å². The maximum atomic E-state index is 12.8. The highest BCUT2D eigenvalue weighted by atomic mass is 32.2. The summed E-state index contributed by atoms with van der Waals surface area (Å²) in [6, 6.07) is 16.6. The van der Waals surface area contributed by atoms with E-state index in [0.29, 0.717) is 28.2 Å². The van der Waals surface area contributed by atoms with Crippen LogP contribution in [-0.4, -0.2) is 32.8 Å². The smallest absolute Gasteiger partial charge is 0.416 e. The Morgan fingerprint density at radius 1 is 1.08 bits per heavy atom. The first-order valence-electron chi connectivity index (χ1n) is 11.3. The first-order chi connectivity index (χ1) is 18.6. The van der Waals surface area contributed by atoms with Gasteiger partial charge < -0.3 is 15.4 Å². The van der Waals surface area contributed by atoms with Crippen molar-refractivity contribution in [2.45, 2.75) is 23.6 Å². The van der Waals surface area contributed by atoms with E-state index < -0.39 is 22.7 Å². The fraction of sp³-hybridized carbons (Fsp3) is 0.160. The Balaban J connectivity index is 1.51. The number of amides is 2. The van der Waals surface area contributed by atoms with E-state index in [2.05, 4.69) is 20.8 Å². The lowest BCUT2D eigenvalue weighted by Gasteiger charge is -2.12. The van der Waals surface area contributed by atoms with Gasteiger partial charge in [-0.3, -0.25) is 14.7 Å². The van der Waals surface area contributed by atoms with Crippen LogP contribution in [0.1, 0.15) is 17.0 Å². The molecule has 10 nitrogen and oxygen atoms in total. The number of non-ortho nitro benzene ring substituents is 1. The first-order valence-corrected chi connectivity index (χ1v) is 12.3. The number of nitro groups is 1. The number of nitrogens with zero attached hydrogens (tertiary/aromatic N) is 4. The summed E-state index contributed by atoms with van der Waals surface area (Å²) < 4.78 is 45.2. The van der Waals surface area contributed by atoms with Crippen molar-refractivity contribution in [3.05, 3.63) is 99.9 Å². The minimum atomic E-state index is -4.48. The number of nitrogens with one attached hydrogen (secondary N) is 2. The maximum absolute atomic E-state index is 12.8. The molecule has 0 saturated carbocycles. The van der Waals surface area contributed by atoms with Crippen molar-refractivity contribution < 1.29 is 27.6 Å². The van der Waals surface area contributed by atoms with Crippen LogP contribution in [0.3, 0.4) is 0 Å². The molecule has 14 heteroatoms. The molecule has 0 saturated heterocycles. The molecule has 2 amide bonds. The summed E-state index contributed by atoms with van der Waals surface area (Å²) in [6.07, 6.45) is -4.48. The van der Waals surface area contributed by atoms with Crippen LogP contribution in [0.4, 0.5) is 29.3 Å². The number of aromatic nitrogens is 3. The molecular formula is C25H21F3N6O4S. The van der Waals surface area contributed by atoms with Gasteiger partial charge in [0.1, 0.15) is 5.75 Å². The van der Waals surface area contributed by atoms with Gasteiger partial charge in [0.25, 0.3) is 5.69 Å². The largest absolute Gasteiger partial charge is 0.497 e. The number of hydrogen-bond donors (Lipinski definition) is 2. The number of alkyl halides is 3. The SMILES string of the molecule is COc1cccc(CSc2nnc(CNC(=O)Nc3ccc(C(F)(F)F)cc3)n2-c2ccc([N+](=O)[O-])cc2)c1. The zero-order chi connectivity index (χ0) is 28.0. The monoisotopic (exact) mass is 558 g/mol. The van der Waals surface area contributed by atoms with Crippen molar-refractivity contribution in [3.8, 4) is 11.4 Å². The molecule has 3 aromatic carbocycles. The highest BCUT2D eigenvalue weighted by Crippen LogP contribution is 2.30. The summed E-state index contributed by atoms with van der Waals surface area (Å²) in [5, 5.41) is 25.1. The molecule has 0 bridgehead atoms. The number of carbonyl (C=O) groups excluding carboxylic acids is 1. The third-order valence-corrected chi connectivity index (χ3v) is 6.40. The zero-order valence-electron chi connectivity index (χ0n) is 20.3. The summed E-state index contributed by atoms with van der Waals surface area (Å²) in [6.45, 7) is -0.0871. The number of nitro benzene ring substituents is 1. The molecule has 4 aromatic rings. The second kappa shape index (κ2) is 11.9. The summed E-state index contributed by atoms with van der Waals surface area (Å²) in [5.41, 5.74) is 0.760. The van der Waals surface area contributed by atoms with Crippen LogP contribution >= 0.6 is 11.8 Å².